The van der Waals surface area contributed by atoms with Gasteiger partial charge in [0.1, 0.15) is 17.3 Å². The molecular weight excluding hydrogens is 236 g/mol. The topological polar surface area (TPSA) is 64.3 Å². The number of nitrogens with zero attached hydrogens (tertiary/aromatic N) is 3. The van der Waals surface area contributed by atoms with E-state index >= 15 is 0 Å². The molecule has 6 heteroatoms. The van der Waals surface area contributed by atoms with E-state index in [2.05, 4.69) is 14.9 Å². The van der Waals surface area contributed by atoms with Crippen LogP contribution in [0.2, 0.25) is 0 Å². The van der Waals surface area contributed by atoms with Gasteiger partial charge in [-0.15, -0.1) is 0 Å². The molecule has 0 unspecified atom stereocenters. The minimum Gasteiger partial charge on any atom is -0.462 e. The molecule has 1 aliphatic heterocycles. The Morgan fingerprint density at radius 2 is 2.24 bits per heavy atom. The number of hydrogen-bond acceptors (Lipinski definition) is 5. The van der Waals surface area contributed by atoms with E-state index in [1.807, 2.05) is 0 Å². The summed E-state index contributed by atoms with van der Waals surface area (Å²) in [6, 6.07) is 2.02. The molecule has 2 rings (SSSR count). The first-order valence-electron chi connectivity index (χ1n) is 5.74. The minimum atomic E-state index is 0.261. The number of hydrogen-bond donors (Lipinski definition) is 1. The van der Waals surface area contributed by atoms with E-state index in [1.54, 1.807) is 12.3 Å². The fourth-order valence-corrected chi connectivity index (χ4v) is 1.93. The van der Waals surface area contributed by atoms with Crippen LogP contribution in [0.25, 0.3) is 0 Å². The largest absolute Gasteiger partial charge is 0.462 e. The van der Waals surface area contributed by atoms with Crippen molar-refractivity contribution in [2.24, 2.45) is 5.73 Å². The first-order chi connectivity index (χ1) is 8.25. The summed E-state index contributed by atoms with van der Waals surface area (Å²) >= 11 is 4.85. The highest BCUT2D eigenvalue weighted by Gasteiger charge is 2.11. The molecule has 0 spiro atoms. The second-order valence-electron chi connectivity index (χ2n) is 3.99. The van der Waals surface area contributed by atoms with Crippen LogP contribution in [0.1, 0.15) is 18.5 Å². The zero-order chi connectivity index (χ0) is 12.1. The molecule has 5 nitrogen and oxygen atoms in total. The predicted molar refractivity (Wildman–Crippen MR) is 69.1 cm³/mol. The number of thiocarbonyl (C=S) groups is 1. The van der Waals surface area contributed by atoms with Crippen LogP contribution in [0.5, 0.6) is 6.01 Å². The van der Waals surface area contributed by atoms with Crippen molar-refractivity contribution in [1.82, 2.24) is 14.9 Å². The maximum absolute atomic E-state index is 5.49. The van der Waals surface area contributed by atoms with Gasteiger partial charge in [0.2, 0.25) is 0 Å². The molecule has 2 N–H and O–H groups in total. The Labute approximate surface area is 106 Å². The maximum Gasteiger partial charge on any atom is 0.317 e. The third-order valence-corrected chi connectivity index (χ3v) is 2.93. The molecule has 1 aromatic rings. The third-order valence-electron chi connectivity index (χ3n) is 2.72. The van der Waals surface area contributed by atoms with E-state index < -0.39 is 0 Å². The van der Waals surface area contributed by atoms with Crippen LogP contribution in [0.3, 0.4) is 0 Å². The molecule has 0 aliphatic carbocycles. The van der Waals surface area contributed by atoms with E-state index in [0.29, 0.717) is 18.3 Å². The summed E-state index contributed by atoms with van der Waals surface area (Å²) < 4.78 is 5.48. The zero-order valence-corrected chi connectivity index (χ0v) is 10.4. The van der Waals surface area contributed by atoms with Gasteiger partial charge in [0.25, 0.3) is 0 Å². The predicted octanol–water partition coefficient (Wildman–Crippen LogP) is 0.585. The quantitative estimate of drug-likeness (QED) is 0.774. The smallest absolute Gasteiger partial charge is 0.317 e. The third kappa shape index (κ3) is 3.61. The van der Waals surface area contributed by atoms with Gasteiger partial charge in [-0.1, -0.05) is 12.2 Å². The van der Waals surface area contributed by atoms with Gasteiger partial charge in [-0.05, 0) is 32.0 Å². The van der Waals surface area contributed by atoms with Gasteiger partial charge in [0, 0.05) is 12.7 Å². The van der Waals surface area contributed by atoms with E-state index in [4.69, 9.17) is 22.7 Å². The van der Waals surface area contributed by atoms with Crippen molar-refractivity contribution in [3.63, 3.8) is 0 Å². The van der Waals surface area contributed by atoms with E-state index in [-0.39, 0.29) is 4.99 Å². The van der Waals surface area contributed by atoms with Gasteiger partial charge in [0.05, 0.1) is 0 Å². The summed E-state index contributed by atoms with van der Waals surface area (Å²) in [7, 11) is 0. The molecule has 2 heterocycles. The standard InChI is InChI=1S/C11H16N4OS/c12-10(17)9-3-4-13-11(14-9)16-8-7-15-5-1-2-6-15/h3-4H,1-2,5-8H2,(H2,12,17). The first kappa shape index (κ1) is 12.2. The van der Waals surface area contributed by atoms with E-state index in [0.717, 1.165) is 19.6 Å². The molecule has 1 aromatic heterocycles. The lowest BCUT2D eigenvalue weighted by Crippen LogP contribution is -2.25. The Morgan fingerprint density at radius 1 is 1.47 bits per heavy atom. The number of aromatic nitrogens is 2. The lowest BCUT2D eigenvalue weighted by Gasteiger charge is -2.14. The second kappa shape index (κ2) is 5.88. The van der Waals surface area contributed by atoms with Crippen LogP contribution in [-0.4, -0.2) is 46.1 Å². The monoisotopic (exact) mass is 252 g/mol. The van der Waals surface area contributed by atoms with Crippen LogP contribution < -0.4 is 10.5 Å². The summed E-state index contributed by atoms with van der Waals surface area (Å²) in [4.78, 5) is 10.8. The molecule has 0 saturated carbocycles. The molecule has 0 bridgehead atoms. The Bertz CT molecular complexity index is 393. The summed E-state index contributed by atoms with van der Waals surface area (Å²) in [5, 5.41) is 0. The normalized spacial score (nSPS) is 16.0. The number of likely N-dealkylation sites (tertiary alicyclic amines) is 1. The SMILES string of the molecule is NC(=S)c1ccnc(OCCN2CCCC2)n1. The second-order valence-corrected chi connectivity index (χ2v) is 4.43. The van der Waals surface area contributed by atoms with Crippen molar-refractivity contribution in [2.45, 2.75) is 12.8 Å². The van der Waals surface area contributed by atoms with Gasteiger partial charge in [0.15, 0.2) is 0 Å². The lowest BCUT2D eigenvalue weighted by atomic mass is 10.4. The Balaban J connectivity index is 1.81. The van der Waals surface area contributed by atoms with Crippen molar-refractivity contribution in [1.29, 1.82) is 0 Å². The summed E-state index contributed by atoms with van der Waals surface area (Å²) in [5.41, 5.74) is 6.04. The number of ether oxygens (including phenoxy) is 1. The highest BCUT2D eigenvalue weighted by Crippen LogP contribution is 2.07. The number of rotatable bonds is 5. The summed E-state index contributed by atoms with van der Waals surface area (Å²) in [6.45, 7) is 3.84. The molecule has 0 aromatic carbocycles. The molecule has 17 heavy (non-hydrogen) atoms. The van der Waals surface area contributed by atoms with Crippen molar-refractivity contribution >= 4 is 17.2 Å². The van der Waals surface area contributed by atoms with Crippen molar-refractivity contribution in [3.05, 3.63) is 18.0 Å². The van der Waals surface area contributed by atoms with E-state index in [1.165, 1.54) is 12.8 Å². The zero-order valence-electron chi connectivity index (χ0n) is 9.63. The van der Waals surface area contributed by atoms with Crippen molar-refractivity contribution in [3.8, 4) is 6.01 Å². The van der Waals surface area contributed by atoms with Crippen molar-refractivity contribution < 1.29 is 4.74 Å². The fourth-order valence-electron chi connectivity index (χ4n) is 1.82. The molecule has 0 radical (unpaired) electrons. The van der Waals surface area contributed by atoms with Crippen LogP contribution in [0, 0.1) is 0 Å². The average molecular weight is 252 g/mol. The van der Waals surface area contributed by atoms with Gasteiger partial charge < -0.3 is 10.5 Å². The van der Waals surface area contributed by atoms with Crippen LogP contribution in [0.4, 0.5) is 0 Å². The van der Waals surface area contributed by atoms with Gasteiger partial charge in [-0.3, -0.25) is 4.90 Å². The molecule has 0 amide bonds. The molecule has 0 atom stereocenters. The Hall–Kier alpha value is -1.27. The molecule has 1 saturated heterocycles. The number of nitrogens with two attached hydrogens (primary N) is 1. The molecular formula is C11H16N4OS. The first-order valence-corrected chi connectivity index (χ1v) is 6.14. The lowest BCUT2D eigenvalue weighted by molar-refractivity contribution is 0.225. The van der Waals surface area contributed by atoms with Gasteiger partial charge in [-0.2, -0.15) is 4.98 Å². The fraction of sp³-hybridized carbons (Fsp3) is 0.545. The summed E-state index contributed by atoms with van der Waals surface area (Å²) in [5.74, 6) is 0. The highest BCUT2D eigenvalue weighted by molar-refractivity contribution is 7.80. The average Bonchev–Trinajstić information content (AvgIpc) is 2.82. The van der Waals surface area contributed by atoms with E-state index in [9.17, 15) is 0 Å². The minimum absolute atomic E-state index is 0.261. The van der Waals surface area contributed by atoms with Crippen LogP contribution >= 0.6 is 12.2 Å². The molecule has 1 fully saturated rings. The van der Waals surface area contributed by atoms with Crippen molar-refractivity contribution in [2.75, 3.05) is 26.2 Å². The van der Waals surface area contributed by atoms with Crippen LogP contribution in [0.15, 0.2) is 12.3 Å². The Kier molecular flexibility index (Phi) is 4.22. The highest BCUT2D eigenvalue weighted by atomic mass is 32.1. The Morgan fingerprint density at radius 3 is 2.94 bits per heavy atom. The van der Waals surface area contributed by atoms with Crippen LogP contribution in [-0.2, 0) is 0 Å². The molecule has 1 aliphatic rings. The summed E-state index contributed by atoms with van der Waals surface area (Å²) in [6.07, 6.45) is 4.17. The maximum atomic E-state index is 5.49. The molecule has 92 valence electrons. The van der Waals surface area contributed by atoms with Gasteiger partial charge >= 0.3 is 6.01 Å². The van der Waals surface area contributed by atoms with Gasteiger partial charge in [-0.25, -0.2) is 4.98 Å².